The lowest BCUT2D eigenvalue weighted by Crippen LogP contribution is -2.02. The highest BCUT2D eigenvalue weighted by Gasteiger charge is 2.09. The van der Waals surface area contributed by atoms with Crippen LogP contribution in [0.1, 0.15) is 22.8 Å². The molecule has 74 valence electrons. The van der Waals surface area contributed by atoms with E-state index in [1.165, 1.54) is 0 Å². The molecule has 0 spiro atoms. The van der Waals surface area contributed by atoms with Gasteiger partial charge in [0, 0.05) is 11.4 Å². The Balaban J connectivity index is 2.81. The molecular weight excluding hydrogens is 180 g/mol. The number of aliphatic hydroxyl groups excluding tert-OH is 1. The zero-order valence-corrected chi connectivity index (χ0v) is 8.44. The third kappa shape index (κ3) is 1.17. The molecule has 0 atom stereocenters. The molecule has 1 N–H and O–H groups in total. The maximum atomic E-state index is 8.90. The molecule has 0 aliphatic rings. The molecule has 0 saturated heterocycles. The second kappa shape index (κ2) is 3.02. The third-order valence-corrected chi connectivity index (χ3v) is 2.45. The minimum Gasteiger partial charge on any atom is -0.388 e. The Kier molecular flexibility index (Phi) is 1.96. The van der Waals surface area contributed by atoms with Crippen LogP contribution in [0.15, 0.2) is 0 Å². The van der Waals surface area contributed by atoms with Gasteiger partial charge in [0.25, 0.3) is 5.78 Å². The number of nitrogens with zero attached hydrogens (tertiary/aromatic N) is 4. The molecule has 0 fully saturated rings. The van der Waals surface area contributed by atoms with Crippen LogP contribution < -0.4 is 0 Å². The van der Waals surface area contributed by atoms with Crippen LogP contribution in [0.3, 0.4) is 0 Å². The van der Waals surface area contributed by atoms with Crippen molar-refractivity contribution in [2.45, 2.75) is 27.4 Å². The summed E-state index contributed by atoms with van der Waals surface area (Å²) in [5.41, 5.74) is 3.07. The van der Waals surface area contributed by atoms with Crippen LogP contribution >= 0.6 is 0 Å². The molecule has 0 aliphatic heterocycles. The van der Waals surface area contributed by atoms with Crippen molar-refractivity contribution in [2.75, 3.05) is 0 Å². The van der Waals surface area contributed by atoms with E-state index in [9.17, 15) is 0 Å². The zero-order valence-electron chi connectivity index (χ0n) is 8.44. The smallest absolute Gasteiger partial charge is 0.252 e. The van der Waals surface area contributed by atoms with Gasteiger partial charge in [-0.25, -0.2) is 9.50 Å². The molecule has 5 nitrogen and oxygen atoms in total. The zero-order chi connectivity index (χ0) is 10.3. The molecule has 0 aliphatic carbocycles. The Morgan fingerprint density at radius 1 is 1.21 bits per heavy atom. The molecule has 0 unspecified atom stereocenters. The summed E-state index contributed by atoms with van der Waals surface area (Å²) in [5.74, 6) is 0.959. The lowest BCUT2D eigenvalue weighted by molar-refractivity contribution is 0.271. The standard InChI is InChI=1S/C9H12N4O/c1-5-6(2)10-9-11-8(4-14)12-13(9)7(5)3/h14H,4H2,1-3H3. The maximum absolute atomic E-state index is 8.90. The fourth-order valence-corrected chi connectivity index (χ4v) is 1.36. The Bertz CT molecular complexity index is 489. The lowest BCUT2D eigenvalue weighted by atomic mass is 10.2. The van der Waals surface area contributed by atoms with Gasteiger partial charge in [0.2, 0.25) is 0 Å². The van der Waals surface area contributed by atoms with Gasteiger partial charge in [-0.2, -0.15) is 4.98 Å². The first-order valence-electron chi connectivity index (χ1n) is 4.44. The van der Waals surface area contributed by atoms with Gasteiger partial charge in [-0.3, -0.25) is 0 Å². The van der Waals surface area contributed by atoms with Gasteiger partial charge in [0.15, 0.2) is 5.82 Å². The SMILES string of the molecule is Cc1nc2nc(CO)nn2c(C)c1C. The largest absolute Gasteiger partial charge is 0.388 e. The topological polar surface area (TPSA) is 63.3 Å². The van der Waals surface area contributed by atoms with Crippen molar-refractivity contribution < 1.29 is 5.11 Å². The molecule has 2 aromatic heterocycles. The summed E-state index contributed by atoms with van der Waals surface area (Å²) >= 11 is 0. The van der Waals surface area contributed by atoms with Crippen molar-refractivity contribution in [3.8, 4) is 0 Å². The van der Waals surface area contributed by atoms with Gasteiger partial charge in [0.1, 0.15) is 6.61 Å². The lowest BCUT2D eigenvalue weighted by Gasteiger charge is -2.04. The summed E-state index contributed by atoms with van der Waals surface area (Å²) in [6.07, 6.45) is 0. The highest BCUT2D eigenvalue weighted by atomic mass is 16.3. The van der Waals surface area contributed by atoms with Crippen LogP contribution in [-0.2, 0) is 6.61 Å². The molecule has 2 heterocycles. The van der Waals surface area contributed by atoms with Gasteiger partial charge < -0.3 is 5.11 Å². The average Bonchev–Trinajstić information content (AvgIpc) is 2.57. The Morgan fingerprint density at radius 2 is 1.93 bits per heavy atom. The number of hydrogen-bond donors (Lipinski definition) is 1. The quantitative estimate of drug-likeness (QED) is 0.716. The van der Waals surface area contributed by atoms with E-state index in [4.69, 9.17) is 5.11 Å². The number of aliphatic hydroxyl groups is 1. The first-order chi connectivity index (χ1) is 6.63. The third-order valence-electron chi connectivity index (χ3n) is 2.45. The van der Waals surface area contributed by atoms with Crippen LogP contribution in [0, 0.1) is 20.8 Å². The van der Waals surface area contributed by atoms with E-state index in [1.54, 1.807) is 4.52 Å². The molecule has 5 heteroatoms. The van der Waals surface area contributed by atoms with E-state index in [2.05, 4.69) is 15.1 Å². The number of rotatable bonds is 1. The van der Waals surface area contributed by atoms with Gasteiger partial charge in [0.05, 0.1) is 0 Å². The monoisotopic (exact) mass is 192 g/mol. The highest BCUT2D eigenvalue weighted by molar-refractivity contribution is 5.35. The van der Waals surface area contributed by atoms with E-state index in [1.807, 2.05) is 20.8 Å². The summed E-state index contributed by atoms with van der Waals surface area (Å²) in [7, 11) is 0. The fraction of sp³-hybridized carbons (Fsp3) is 0.444. The fourth-order valence-electron chi connectivity index (χ4n) is 1.36. The molecule has 2 rings (SSSR count). The summed E-state index contributed by atoms with van der Waals surface area (Å²) in [6, 6.07) is 0. The first kappa shape index (κ1) is 9.08. The van der Waals surface area contributed by atoms with Gasteiger partial charge >= 0.3 is 0 Å². The Labute approximate surface area is 81.4 Å². The van der Waals surface area contributed by atoms with Gasteiger partial charge in [-0.15, -0.1) is 5.10 Å². The van der Waals surface area contributed by atoms with Crippen molar-refractivity contribution in [3.05, 3.63) is 22.8 Å². The Hall–Kier alpha value is -1.49. The normalized spacial score (nSPS) is 11.1. The minimum absolute atomic E-state index is 0.152. The molecule has 2 aromatic rings. The van der Waals surface area contributed by atoms with Crippen LogP contribution in [0.25, 0.3) is 5.78 Å². The minimum atomic E-state index is -0.152. The van der Waals surface area contributed by atoms with E-state index < -0.39 is 0 Å². The first-order valence-corrected chi connectivity index (χ1v) is 4.44. The van der Waals surface area contributed by atoms with Crippen LogP contribution in [0.5, 0.6) is 0 Å². The van der Waals surface area contributed by atoms with Crippen molar-refractivity contribution in [2.24, 2.45) is 0 Å². The van der Waals surface area contributed by atoms with Crippen LogP contribution in [0.4, 0.5) is 0 Å². The molecule has 0 saturated carbocycles. The summed E-state index contributed by atoms with van der Waals surface area (Å²) in [5, 5.41) is 13.0. The summed E-state index contributed by atoms with van der Waals surface area (Å²) in [6.45, 7) is 5.75. The predicted molar refractivity (Wildman–Crippen MR) is 50.9 cm³/mol. The highest BCUT2D eigenvalue weighted by Crippen LogP contribution is 2.11. The second-order valence-corrected chi connectivity index (χ2v) is 3.31. The van der Waals surface area contributed by atoms with Crippen LogP contribution in [0.2, 0.25) is 0 Å². The molecule has 0 radical (unpaired) electrons. The van der Waals surface area contributed by atoms with E-state index in [0.717, 1.165) is 17.0 Å². The summed E-state index contributed by atoms with van der Waals surface area (Å²) < 4.78 is 1.66. The summed E-state index contributed by atoms with van der Waals surface area (Å²) in [4.78, 5) is 8.37. The van der Waals surface area contributed by atoms with Gasteiger partial charge in [-0.1, -0.05) is 0 Å². The molecular formula is C9H12N4O. The number of hydrogen-bond acceptors (Lipinski definition) is 4. The molecule has 14 heavy (non-hydrogen) atoms. The van der Waals surface area contributed by atoms with E-state index in [0.29, 0.717) is 11.6 Å². The van der Waals surface area contributed by atoms with E-state index >= 15 is 0 Å². The average molecular weight is 192 g/mol. The Morgan fingerprint density at radius 3 is 2.57 bits per heavy atom. The van der Waals surface area contributed by atoms with Gasteiger partial charge in [-0.05, 0) is 26.3 Å². The molecule has 0 amide bonds. The van der Waals surface area contributed by atoms with E-state index in [-0.39, 0.29) is 6.61 Å². The molecule has 0 bridgehead atoms. The predicted octanol–water partition coefficient (Wildman–Crippen LogP) is 0.542. The number of fused-ring (bicyclic) bond motifs is 1. The van der Waals surface area contributed by atoms with Crippen molar-refractivity contribution in [3.63, 3.8) is 0 Å². The number of aryl methyl sites for hydroxylation is 2. The van der Waals surface area contributed by atoms with Crippen LogP contribution in [-0.4, -0.2) is 24.7 Å². The van der Waals surface area contributed by atoms with Crippen molar-refractivity contribution >= 4 is 5.78 Å². The molecule has 0 aromatic carbocycles. The van der Waals surface area contributed by atoms with Crippen molar-refractivity contribution in [1.82, 2.24) is 19.6 Å². The second-order valence-electron chi connectivity index (χ2n) is 3.31. The number of aromatic nitrogens is 4. The van der Waals surface area contributed by atoms with Crippen molar-refractivity contribution in [1.29, 1.82) is 0 Å². The maximum Gasteiger partial charge on any atom is 0.252 e.